The van der Waals surface area contributed by atoms with Crippen LogP contribution in [0.4, 0.5) is 5.69 Å². The van der Waals surface area contributed by atoms with Crippen molar-refractivity contribution < 1.29 is 14.6 Å². The molecule has 4 heteroatoms. The van der Waals surface area contributed by atoms with E-state index >= 15 is 0 Å². The summed E-state index contributed by atoms with van der Waals surface area (Å²) < 4.78 is 11.4. The molecule has 1 heterocycles. The summed E-state index contributed by atoms with van der Waals surface area (Å²) in [4.78, 5) is 0. The van der Waals surface area contributed by atoms with E-state index in [0.717, 1.165) is 28.3 Å². The number of aryl methyl sites for hydroxylation is 2. The summed E-state index contributed by atoms with van der Waals surface area (Å²) >= 11 is 0. The van der Waals surface area contributed by atoms with Gasteiger partial charge >= 0.3 is 0 Å². The van der Waals surface area contributed by atoms with E-state index in [9.17, 15) is 5.11 Å². The standard InChI is InChI=1S/C19H23NO3/c1-14-6-5-7-15(2)18(14)23-17-9-4-3-8-16(17)20-10-19(11-21)12-22-13-19/h3-9,20-21H,10-13H2,1-2H3. The number of anilines is 1. The molecule has 2 aromatic carbocycles. The molecule has 2 N–H and O–H groups in total. The molecule has 23 heavy (non-hydrogen) atoms. The van der Waals surface area contributed by atoms with Gasteiger partial charge in [-0.2, -0.15) is 0 Å². The average molecular weight is 313 g/mol. The van der Waals surface area contributed by atoms with Crippen molar-refractivity contribution in [3.63, 3.8) is 0 Å². The van der Waals surface area contributed by atoms with Crippen molar-refractivity contribution in [1.82, 2.24) is 0 Å². The number of nitrogens with one attached hydrogen (secondary N) is 1. The van der Waals surface area contributed by atoms with Crippen molar-refractivity contribution in [2.75, 3.05) is 31.7 Å². The van der Waals surface area contributed by atoms with Crippen molar-refractivity contribution >= 4 is 5.69 Å². The molecule has 122 valence electrons. The number of para-hydroxylation sites is 3. The Morgan fingerprint density at radius 2 is 1.78 bits per heavy atom. The third kappa shape index (κ3) is 3.33. The largest absolute Gasteiger partial charge is 0.455 e. The predicted molar refractivity (Wildman–Crippen MR) is 91.3 cm³/mol. The van der Waals surface area contributed by atoms with Gasteiger partial charge in [0.1, 0.15) is 5.75 Å². The monoisotopic (exact) mass is 313 g/mol. The van der Waals surface area contributed by atoms with Crippen LogP contribution in [0.15, 0.2) is 42.5 Å². The van der Waals surface area contributed by atoms with Gasteiger partial charge in [0.15, 0.2) is 5.75 Å². The van der Waals surface area contributed by atoms with Crippen LogP contribution in [0.1, 0.15) is 11.1 Å². The molecular weight excluding hydrogens is 290 g/mol. The SMILES string of the molecule is Cc1cccc(C)c1Oc1ccccc1NCC1(CO)COC1. The first-order valence-corrected chi connectivity index (χ1v) is 7.89. The number of aliphatic hydroxyl groups is 1. The van der Waals surface area contributed by atoms with Gasteiger partial charge in [-0.05, 0) is 37.1 Å². The van der Waals surface area contributed by atoms with Gasteiger partial charge in [0.2, 0.25) is 0 Å². The Hall–Kier alpha value is -2.04. The second-order valence-corrected chi connectivity index (χ2v) is 6.32. The van der Waals surface area contributed by atoms with Crippen LogP contribution in [0.2, 0.25) is 0 Å². The van der Waals surface area contributed by atoms with Gasteiger partial charge in [0, 0.05) is 6.54 Å². The van der Waals surface area contributed by atoms with Crippen LogP contribution in [-0.4, -0.2) is 31.5 Å². The Balaban J connectivity index is 1.78. The van der Waals surface area contributed by atoms with Crippen LogP contribution >= 0.6 is 0 Å². The maximum atomic E-state index is 9.54. The van der Waals surface area contributed by atoms with Gasteiger partial charge in [0.25, 0.3) is 0 Å². The van der Waals surface area contributed by atoms with Gasteiger partial charge in [-0.3, -0.25) is 0 Å². The fourth-order valence-electron chi connectivity index (χ4n) is 2.69. The third-order valence-corrected chi connectivity index (χ3v) is 4.31. The number of benzene rings is 2. The van der Waals surface area contributed by atoms with Crippen LogP contribution < -0.4 is 10.1 Å². The van der Waals surface area contributed by atoms with E-state index in [1.807, 2.05) is 56.3 Å². The molecular formula is C19H23NO3. The summed E-state index contributed by atoms with van der Waals surface area (Å²) in [6.45, 7) is 6.07. The van der Waals surface area contributed by atoms with E-state index in [1.54, 1.807) is 0 Å². The summed E-state index contributed by atoms with van der Waals surface area (Å²) in [6.07, 6.45) is 0. The molecule has 0 unspecified atom stereocenters. The molecule has 3 rings (SSSR count). The van der Waals surface area contributed by atoms with Crippen LogP contribution in [0.25, 0.3) is 0 Å². The molecule has 0 saturated carbocycles. The number of ether oxygens (including phenoxy) is 2. The lowest BCUT2D eigenvalue weighted by molar-refractivity contribution is -0.128. The maximum absolute atomic E-state index is 9.54. The molecule has 0 spiro atoms. The lowest BCUT2D eigenvalue weighted by Crippen LogP contribution is -2.50. The molecule has 1 saturated heterocycles. The van der Waals surface area contributed by atoms with E-state index in [0.29, 0.717) is 19.8 Å². The molecule has 0 amide bonds. The maximum Gasteiger partial charge on any atom is 0.150 e. The summed E-state index contributed by atoms with van der Waals surface area (Å²) in [5.41, 5.74) is 2.97. The van der Waals surface area contributed by atoms with Crippen LogP contribution in [0, 0.1) is 19.3 Å². The zero-order valence-corrected chi connectivity index (χ0v) is 13.6. The molecule has 0 atom stereocenters. The van der Waals surface area contributed by atoms with Crippen LogP contribution in [0.5, 0.6) is 11.5 Å². The minimum atomic E-state index is -0.175. The van der Waals surface area contributed by atoms with Gasteiger partial charge in [-0.15, -0.1) is 0 Å². The summed E-state index contributed by atoms with van der Waals surface area (Å²) in [6, 6.07) is 14.0. The van der Waals surface area contributed by atoms with Gasteiger partial charge in [-0.1, -0.05) is 30.3 Å². The number of hydrogen-bond donors (Lipinski definition) is 2. The quantitative estimate of drug-likeness (QED) is 0.857. The van der Waals surface area contributed by atoms with Gasteiger partial charge in [0.05, 0.1) is 30.9 Å². The Kier molecular flexibility index (Phi) is 4.55. The van der Waals surface area contributed by atoms with E-state index in [2.05, 4.69) is 5.32 Å². The van der Waals surface area contributed by atoms with Crippen molar-refractivity contribution in [3.05, 3.63) is 53.6 Å². The highest BCUT2D eigenvalue weighted by atomic mass is 16.5. The molecule has 1 aliphatic heterocycles. The van der Waals surface area contributed by atoms with E-state index in [4.69, 9.17) is 9.47 Å². The Morgan fingerprint density at radius 1 is 1.09 bits per heavy atom. The molecule has 0 aromatic heterocycles. The number of aliphatic hydroxyl groups excluding tert-OH is 1. The average Bonchev–Trinajstić information content (AvgIpc) is 2.52. The topological polar surface area (TPSA) is 50.7 Å². The minimum Gasteiger partial charge on any atom is -0.455 e. The van der Waals surface area contributed by atoms with Gasteiger partial charge in [-0.25, -0.2) is 0 Å². The second-order valence-electron chi connectivity index (χ2n) is 6.32. The van der Waals surface area contributed by atoms with Crippen LogP contribution in [0.3, 0.4) is 0 Å². The van der Waals surface area contributed by atoms with Crippen molar-refractivity contribution in [2.45, 2.75) is 13.8 Å². The van der Waals surface area contributed by atoms with Crippen molar-refractivity contribution in [2.24, 2.45) is 5.41 Å². The van der Waals surface area contributed by atoms with E-state index in [-0.39, 0.29) is 12.0 Å². The normalized spacial score (nSPS) is 15.8. The molecule has 0 aliphatic carbocycles. The van der Waals surface area contributed by atoms with Crippen molar-refractivity contribution in [1.29, 1.82) is 0 Å². The van der Waals surface area contributed by atoms with E-state index < -0.39 is 0 Å². The highest BCUT2D eigenvalue weighted by molar-refractivity contribution is 5.58. The van der Waals surface area contributed by atoms with E-state index in [1.165, 1.54) is 0 Å². The first-order valence-electron chi connectivity index (χ1n) is 7.89. The molecule has 4 nitrogen and oxygen atoms in total. The van der Waals surface area contributed by atoms with Crippen LogP contribution in [-0.2, 0) is 4.74 Å². The number of hydrogen-bond acceptors (Lipinski definition) is 4. The fraction of sp³-hybridized carbons (Fsp3) is 0.368. The highest BCUT2D eigenvalue weighted by Crippen LogP contribution is 2.34. The molecule has 0 radical (unpaired) electrons. The summed E-state index contributed by atoms with van der Waals surface area (Å²) in [7, 11) is 0. The first-order chi connectivity index (χ1) is 11.1. The summed E-state index contributed by atoms with van der Waals surface area (Å²) in [5.74, 6) is 1.68. The summed E-state index contributed by atoms with van der Waals surface area (Å²) in [5, 5.41) is 12.9. The fourth-order valence-corrected chi connectivity index (χ4v) is 2.69. The molecule has 0 bridgehead atoms. The predicted octanol–water partition coefficient (Wildman–Crippen LogP) is 3.52. The molecule has 1 fully saturated rings. The third-order valence-electron chi connectivity index (χ3n) is 4.31. The number of rotatable bonds is 6. The zero-order chi connectivity index (χ0) is 16.3. The second kappa shape index (κ2) is 6.60. The van der Waals surface area contributed by atoms with Gasteiger partial charge < -0.3 is 19.9 Å². The Bertz CT molecular complexity index is 654. The smallest absolute Gasteiger partial charge is 0.150 e. The Labute approximate surface area is 137 Å². The Morgan fingerprint density at radius 3 is 2.39 bits per heavy atom. The molecule has 2 aromatic rings. The zero-order valence-electron chi connectivity index (χ0n) is 13.6. The van der Waals surface area contributed by atoms with Crippen molar-refractivity contribution in [3.8, 4) is 11.5 Å². The molecule has 1 aliphatic rings. The minimum absolute atomic E-state index is 0.125. The highest BCUT2D eigenvalue weighted by Gasteiger charge is 2.38. The lowest BCUT2D eigenvalue weighted by atomic mass is 9.87. The first kappa shape index (κ1) is 15.8. The lowest BCUT2D eigenvalue weighted by Gasteiger charge is -2.40.